The zero-order valence-electron chi connectivity index (χ0n) is 14.3. The zero-order chi connectivity index (χ0) is 18.7. The molecule has 0 atom stereocenters. The predicted octanol–water partition coefficient (Wildman–Crippen LogP) is 4.65. The Morgan fingerprint density at radius 3 is 2.54 bits per heavy atom. The largest absolute Gasteiger partial charge is 0.318 e. The highest BCUT2D eigenvalue weighted by atomic mass is 35.5. The molecule has 0 bridgehead atoms. The summed E-state index contributed by atoms with van der Waals surface area (Å²) in [6.07, 6.45) is 1.55. The van der Waals surface area contributed by atoms with Crippen LogP contribution in [0.5, 0.6) is 0 Å². The van der Waals surface area contributed by atoms with Crippen LogP contribution in [0.3, 0.4) is 0 Å². The Morgan fingerprint density at radius 1 is 1.15 bits per heavy atom. The summed E-state index contributed by atoms with van der Waals surface area (Å²) in [6, 6.07) is 15.3. The number of carbonyl (C=O) groups is 1. The van der Waals surface area contributed by atoms with Crippen molar-refractivity contribution in [3.63, 3.8) is 0 Å². The Balaban J connectivity index is 1.79. The van der Waals surface area contributed by atoms with Gasteiger partial charge in [0.15, 0.2) is 0 Å². The third kappa shape index (κ3) is 3.68. The number of carbonyl (C=O) groups excluding carboxylic acids is 1. The van der Waals surface area contributed by atoms with E-state index in [-0.39, 0.29) is 5.56 Å². The molecule has 132 valence electrons. The van der Waals surface area contributed by atoms with Gasteiger partial charge in [-0.2, -0.15) is 5.10 Å². The maximum atomic E-state index is 13.6. The second kappa shape index (κ2) is 7.54. The lowest BCUT2D eigenvalue weighted by molar-refractivity contribution is 0.0951. The van der Waals surface area contributed by atoms with Crippen LogP contribution < -0.4 is 5.43 Å². The zero-order valence-corrected chi connectivity index (χ0v) is 15.1. The third-order valence-corrected chi connectivity index (χ3v) is 4.30. The molecule has 3 aromatic rings. The molecule has 3 rings (SSSR count). The molecule has 0 saturated carbocycles. The van der Waals surface area contributed by atoms with Gasteiger partial charge in [-0.1, -0.05) is 23.7 Å². The van der Waals surface area contributed by atoms with E-state index < -0.39 is 11.7 Å². The molecule has 0 spiro atoms. The van der Waals surface area contributed by atoms with Crippen molar-refractivity contribution in [3.05, 3.63) is 88.0 Å². The van der Waals surface area contributed by atoms with Crippen LogP contribution in [-0.2, 0) is 0 Å². The Morgan fingerprint density at radius 2 is 1.85 bits per heavy atom. The van der Waals surface area contributed by atoms with E-state index in [1.165, 1.54) is 18.2 Å². The lowest BCUT2D eigenvalue weighted by atomic mass is 10.2. The van der Waals surface area contributed by atoms with Gasteiger partial charge in [0.05, 0.1) is 11.8 Å². The first kappa shape index (κ1) is 17.9. The fraction of sp³-hybridized carbons (Fsp3) is 0.100. The predicted molar refractivity (Wildman–Crippen MR) is 102 cm³/mol. The minimum atomic E-state index is -0.592. The molecular formula is C20H17ClFN3O. The SMILES string of the molecule is Cc1cc(/C=N/NC(=O)c2ccccc2F)c(C)n1-c1ccc(Cl)cc1. The Bertz CT molecular complexity index is 977. The van der Waals surface area contributed by atoms with Crippen molar-refractivity contribution >= 4 is 23.7 Å². The number of benzene rings is 2. The molecule has 0 saturated heterocycles. The highest BCUT2D eigenvalue weighted by Gasteiger charge is 2.11. The number of amides is 1. The van der Waals surface area contributed by atoms with Gasteiger partial charge in [0, 0.05) is 27.7 Å². The van der Waals surface area contributed by atoms with Gasteiger partial charge in [-0.15, -0.1) is 0 Å². The van der Waals surface area contributed by atoms with E-state index in [4.69, 9.17) is 11.6 Å². The van der Waals surface area contributed by atoms with Gasteiger partial charge in [-0.05, 0) is 56.3 Å². The summed E-state index contributed by atoms with van der Waals surface area (Å²) in [7, 11) is 0. The smallest absolute Gasteiger partial charge is 0.274 e. The Hall–Kier alpha value is -2.92. The highest BCUT2D eigenvalue weighted by molar-refractivity contribution is 6.30. The van der Waals surface area contributed by atoms with E-state index in [0.29, 0.717) is 5.02 Å². The van der Waals surface area contributed by atoms with E-state index in [1.807, 2.05) is 44.2 Å². The molecule has 1 aromatic heterocycles. The first-order valence-electron chi connectivity index (χ1n) is 8.00. The van der Waals surface area contributed by atoms with Crippen molar-refractivity contribution in [2.75, 3.05) is 0 Å². The molecule has 0 aliphatic heterocycles. The van der Waals surface area contributed by atoms with Crippen LogP contribution in [0.2, 0.25) is 5.02 Å². The summed E-state index contributed by atoms with van der Waals surface area (Å²) in [5.74, 6) is -1.17. The number of nitrogens with zero attached hydrogens (tertiary/aromatic N) is 2. The van der Waals surface area contributed by atoms with Crippen LogP contribution in [0.25, 0.3) is 5.69 Å². The fourth-order valence-electron chi connectivity index (χ4n) is 2.77. The quantitative estimate of drug-likeness (QED) is 0.528. The van der Waals surface area contributed by atoms with Gasteiger partial charge in [-0.3, -0.25) is 4.79 Å². The molecule has 6 heteroatoms. The van der Waals surface area contributed by atoms with E-state index in [0.717, 1.165) is 22.6 Å². The standard InChI is InChI=1S/C20H17ClFN3O/c1-13-11-15(14(2)25(13)17-9-7-16(21)8-10-17)12-23-24-20(26)18-5-3-4-6-19(18)22/h3-12H,1-2H3,(H,24,26)/b23-12+. The van der Waals surface area contributed by atoms with Gasteiger partial charge in [-0.25, -0.2) is 9.82 Å². The van der Waals surface area contributed by atoms with E-state index >= 15 is 0 Å². The van der Waals surface area contributed by atoms with Crippen molar-refractivity contribution in [1.82, 2.24) is 9.99 Å². The van der Waals surface area contributed by atoms with Gasteiger partial charge in [0.25, 0.3) is 5.91 Å². The first-order valence-corrected chi connectivity index (χ1v) is 8.38. The minimum Gasteiger partial charge on any atom is -0.318 e. The van der Waals surface area contributed by atoms with E-state index in [2.05, 4.69) is 15.1 Å². The highest BCUT2D eigenvalue weighted by Crippen LogP contribution is 2.21. The van der Waals surface area contributed by atoms with Crippen LogP contribution >= 0.6 is 11.6 Å². The van der Waals surface area contributed by atoms with Crippen molar-refractivity contribution in [2.24, 2.45) is 5.10 Å². The molecule has 1 heterocycles. The molecule has 0 unspecified atom stereocenters. The average Bonchev–Trinajstić information content (AvgIpc) is 2.90. The minimum absolute atomic E-state index is 0.0451. The number of aryl methyl sites for hydroxylation is 1. The molecule has 0 radical (unpaired) electrons. The normalized spacial score (nSPS) is 11.1. The first-order chi connectivity index (χ1) is 12.5. The monoisotopic (exact) mass is 369 g/mol. The molecule has 1 N–H and O–H groups in total. The molecule has 4 nitrogen and oxygen atoms in total. The number of halogens is 2. The maximum absolute atomic E-state index is 13.6. The van der Waals surface area contributed by atoms with E-state index in [1.54, 1.807) is 12.3 Å². The van der Waals surface area contributed by atoms with Crippen LogP contribution in [0.1, 0.15) is 27.3 Å². The number of hydrazone groups is 1. The van der Waals surface area contributed by atoms with Crippen LogP contribution in [0, 0.1) is 19.7 Å². The van der Waals surface area contributed by atoms with Crippen molar-refractivity contribution in [1.29, 1.82) is 0 Å². The molecule has 26 heavy (non-hydrogen) atoms. The van der Waals surface area contributed by atoms with Gasteiger partial charge in [0.1, 0.15) is 5.82 Å². The molecular weight excluding hydrogens is 353 g/mol. The number of hydrogen-bond acceptors (Lipinski definition) is 2. The molecule has 0 aliphatic carbocycles. The molecule has 0 aliphatic rings. The van der Waals surface area contributed by atoms with Crippen LogP contribution in [-0.4, -0.2) is 16.7 Å². The summed E-state index contributed by atoms with van der Waals surface area (Å²) in [4.78, 5) is 12.0. The summed E-state index contributed by atoms with van der Waals surface area (Å²) in [5, 5.41) is 4.63. The summed E-state index contributed by atoms with van der Waals surface area (Å²) in [6.45, 7) is 3.94. The van der Waals surface area contributed by atoms with Crippen LogP contribution in [0.4, 0.5) is 4.39 Å². The Kier molecular flexibility index (Phi) is 5.19. The maximum Gasteiger partial charge on any atom is 0.274 e. The van der Waals surface area contributed by atoms with Crippen molar-refractivity contribution < 1.29 is 9.18 Å². The number of hydrogen-bond donors (Lipinski definition) is 1. The lowest BCUT2D eigenvalue weighted by Gasteiger charge is -2.09. The molecule has 2 aromatic carbocycles. The van der Waals surface area contributed by atoms with Gasteiger partial charge in [0.2, 0.25) is 0 Å². The van der Waals surface area contributed by atoms with Crippen LogP contribution in [0.15, 0.2) is 59.7 Å². The van der Waals surface area contributed by atoms with E-state index in [9.17, 15) is 9.18 Å². The number of aromatic nitrogens is 1. The summed E-state index contributed by atoms with van der Waals surface area (Å²) in [5.41, 5.74) is 6.14. The second-order valence-corrected chi connectivity index (χ2v) is 6.25. The summed E-state index contributed by atoms with van der Waals surface area (Å²) >= 11 is 5.95. The van der Waals surface area contributed by atoms with Crippen molar-refractivity contribution in [2.45, 2.75) is 13.8 Å². The van der Waals surface area contributed by atoms with Gasteiger partial charge < -0.3 is 4.57 Å². The topological polar surface area (TPSA) is 46.4 Å². The third-order valence-electron chi connectivity index (χ3n) is 4.04. The number of nitrogens with one attached hydrogen (secondary N) is 1. The lowest BCUT2D eigenvalue weighted by Crippen LogP contribution is -2.18. The number of rotatable bonds is 4. The molecule has 0 fully saturated rings. The fourth-order valence-corrected chi connectivity index (χ4v) is 2.90. The van der Waals surface area contributed by atoms with Crippen molar-refractivity contribution in [3.8, 4) is 5.69 Å². The summed E-state index contributed by atoms with van der Waals surface area (Å²) < 4.78 is 15.7. The van der Waals surface area contributed by atoms with Gasteiger partial charge >= 0.3 is 0 Å². The second-order valence-electron chi connectivity index (χ2n) is 5.82. The average molecular weight is 370 g/mol. The molecule has 1 amide bonds. The Labute approximate surface area is 155 Å².